The molecule has 2 saturated heterocycles. The van der Waals surface area contributed by atoms with Gasteiger partial charge in [-0.15, -0.1) is 0 Å². The fourth-order valence-corrected chi connectivity index (χ4v) is 6.68. The van der Waals surface area contributed by atoms with E-state index in [1.807, 2.05) is 6.07 Å². The van der Waals surface area contributed by atoms with E-state index in [2.05, 4.69) is 44.4 Å². The topological polar surface area (TPSA) is 131 Å². The molecule has 0 radical (unpaired) electrons. The Balaban J connectivity index is 1.36. The smallest absolute Gasteiger partial charge is 0.316 e. The fourth-order valence-electron chi connectivity index (χ4n) is 5.46. The first-order valence-corrected chi connectivity index (χ1v) is 14.9. The molecule has 3 atom stereocenters. The molecule has 2 fully saturated rings. The molecule has 2 aliphatic rings. The molecule has 1 unspecified atom stereocenters. The van der Waals surface area contributed by atoms with Crippen LogP contribution >= 0.6 is 0 Å². The molecule has 40 heavy (non-hydrogen) atoms. The standard InChI is InChI=1S/C27H30FN7O4S/c1-15-11-35(12-16(2)30-15)23-5-4-20(26(36)31-18-8-17-13-34(3)33-24(17)22(28)9-18)25-21(23)10-29-27(32-25)39-14-19-6-7-40(19,37)38/h4-5,8-10,13,15-16,19,30H,6-7,11-12,14H2,1-3H3,(H,31,36)/t15-,16+,19?. The van der Waals surface area contributed by atoms with Gasteiger partial charge in [0.25, 0.3) is 5.91 Å². The van der Waals surface area contributed by atoms with Gasteiger partial charge in [0.2, 0.25) is 0 Å². The number of carbonyl (C=O) groups excluding carboxylic acids is 1. The number of anilines is 2. The van der Waals surface area contributed by atoms with Gasteiger partial charge >= 0.3 is 6.01 Å². The zero-order chi connectivity index (χ0) is 28.2. The highest BCUT2D eigenvalue weighted by molar-refractivity contribution is 7.93. The van der Waals surface area contributed by atoms with Crippen LogP contribution in [0.25, 0.3) is 21.8 Å². The number of fused-ring (bicyclic) bond motifs is 2. The van der Waals surface area contributed by atoms with Gasteiger partial charge in [0.1, 0.15) is 12.1 Å². The Labute approximate surface area is 230 Å². The number of piperazine rings is 1. The number of halogens is 1. The lowest BCUT2D eigenvalue weighted by atomic mass is 10.0. The first kappa shape index (κ1) is 26.4. The minimum atomic E-state index is -3.13. The first-order valence-electron chi connectivity index (χ1n) is 13.2. The lowest BCUT2D eigenvalue weighted by Crippen LogP contribution is -2.54. The van der Waals surface area contributed by atoms with Gasteiger partial charge in [-0.25, -0.2) is 17.8 Å². The quantitative estimate of drug-likeness (QED) is 0.361. The Morgan fingerprint density at radius 1 is 1.20 bits per heavy atom. The summed E-state index contributed by atoms with van der Waals surface area (Å²) in [5, 5.41) is 11.0. The molecule has 4 aromatic rings. The average Bonchev–Trinajstić information content (AvgIpc) is 3.27. The number of sulfone groups is 1. The number of nitrogens with zero attached hydrogens (tertiary/aromatic N) is 5. The van der Waals surface area contributed by atoms with Gasteiger partial charge < -0.3 is 20.3 Å². The van der Waals surface area contributed by atoms with Crippen LogP contribution in [0.15, 0.2) is 36.7 Å². The summed E-state index contributed by atoms with van der Waals surface area (Å²) in [5.74, 6) is -0.868. The number of nitrogens with one attached hydrogen (secondary N) is 2. The number of hydrogen-bond acceptors (Lipinski definition) is 9. The van der Waals surface area contributed by atoms with Crippen LogP contribution < -0.4 is 20.3 Å². The Morgan fingerprint density at radius 3 is 2.67 bits per heavy atom. The Kier molecular flexibility index (Phi) is 6.57. The zero-order valence-corrected chi connectivity index (χ0v) is 23.2. The zero-order valence-electron chi connectivity index (χ0n) is 22.4. The molecule has 0 bridgehead atoms. The minimum Gasteiger partial charge on any atom is -0.462 e. The van der Waals surface area contributed by atoms with E-state index in [1.54, 1.807) is 31.6 Å². The number of benzene rings is 2. The molecular weight excluding hydrogens is 537 g/mol. The van der Waals surface area contributed by atoms with Crippen LogP contribution in [0.4, 0.5) is 15.8 Å². The minimum absolute atomic E-state index is 0.00864. The summed E-state index contributed by atoms with van der Waals surface area (Å²) < 4.78 is 45.7. The molecule has 2 aromatic heterocycles. The second-order valence-electron chi connectivity index (χ2n) is 10.7. The van der Waals surface area contributed by atoms with Crippen LogP contribution in [0, 0.1) is 5.82 Å². The van der Waals surface area contributed by atoms with E-state index in [1.165, 1.54) is 10.7 Å². The van der Waals surface area contributed by atoms with Crippen LogP contribution in [0.2, 0.25) is 0 Å². The summed E-state index contributed by atoms with van der Waals surface area (Å²) in [6.45, 7) is 5.69. The van der Waals surface area contributed by atoms with E-state index in [0.29, 0.717) is 22.7 Å². The van der Waals surface area contributed by atoms with Crippen molar-refractivity contribution in [3.8, 4) is 6.01 Å². The third kappa shape index (κ3) is 4.94. The second-order valence-corrected chi connectivity index (χ2v) is 13.1. The summed E-state index contributed by atoms with van der Waals surface area (Å²) in [7, 11) is -1.44. The molecule has 0 saturated carbocycles. The number of rotatable bonds is 6. The predicted molar refractivity (Wildman–Crippen MR) is 150 cm³/mol. The Bertz CT molecular complexity index is 1730. The molecule has 6 rings (SSSR count). The molecule has 1 amide bonds. The highest BCUT2D eigenvalue weighted by Crippen LogP contribution is 2.32. The Hall–Kier alpha value is -3.84. The summed E-state index contributed by atoms with van der Waals surface area (Å²) >= 11 is 0. The van der Waals surface area contributed by atoms with Crippen molar-refractivity contribution in [2.45, 2.75) is 37.6 Å². The van der Waals surface area contributed by atoms with Gasteiger partial charge in [-0.2, -0.15) is 10.1 Å². The van der Waals surface area contributed by atoms with Gasteiger partial charge in [0.05, 0.1) is 22.1 Å². The van der Waals surface area contributed by atoms with Gasteiger partial charge in [-0.05, 0) is 44.5 Å². The van der Waals surface area contributed by atoms with Gasteiger partial charge in [-0.1, -0.05) is 0 Å². The SMILES string of the molecule is C[C@@H]1CN(c2ccc(C(=O)Nc3cc(F)c4nn(C)cc4c3)c3nc(OCC4CCS4(=O)=O)ncc23)C[C@H](C)N1. The predicted octanol–water partition coefficient (Wildman–Crippen LogP) is 2.66. The number of hydrogen-bond donors (Lipinski definition) is 2. The molecule has 11 nitrogen and oxygen atoms in total. The Morgan fingerprint density at radius 2 is 1.98 bits per heavy atom. The van der Waals surface area contributed by atoms with Crippen molar-refractivity contribution in [3.63, 3.8) is 0 Å². The van der Waals surface area contributed by atoms with E-state index in [0.717, 1.165) is 18.8 Å². The lowest BCUT2D eigenvalue weighted by molar-refractivity contribution is 0.102. The molecule has 0 spiro atoms. The molecular formula is C27H30FN7O4S. The monoisotopic (exact) mass is 567 g/mol. The normalized spacial score (nSPS) is 22.3. The summed E-state index contributed by atoms with van der Waals surface area (Å²) in [5.41, 5.74) is 2.00. The van der Waals surface area contributed by atoms with E-state index < -0.39 is 26.8 Å². The van der Waals surface area contributed by atoms with E-state index in [-0.39, 0.29) is 47.2 Å². The molecule has 2 aliphatic heterocycles. The maximum Gasteiger partial charge on any atom is 0.316 e. The summed E-state index contributed by atoms with van der Waals surface area (Å²) in [4.78, 5) is 24.7. The first-order chi connectivity index (χ1) is 19.1. The summed E-state index contributed by atoms with van der Waals surface area (Å²) in [6.07, 6.45) is 3.82. The number of ether oxygens (including phenoxy) is 1. The van der Waals surface area contributed by atoms with Gasteiger partial charge in [-0.3, -0.25) is 9.48 Å². The number of carbonyl (C=O) groups is 1. The molecule has 4 heterocycles. The number of aryl methyl sites for hydroxylation is 1. The van der Waals surface area contributed by atoms with Crippen LogP contribution in [-0.2, 0) is 16.9 Å². The van der Waals surface area contributed by atoms with Crippen LogP contribution in [0.1, 0.15) is 30.6 Å². The van der Waals surface area contributed by atoms with E-state index in [9.17, 15) is 17.6 Å². The van der Waals surface area contributed by atoms with Crippen molar-refractivity contribution in [1.82, 2.24) is 25.1 Å². The van der Waals surface area contributed by atoms with Crippen molar-refractivity contribution in [2.24, 2.45) is 7.05 Å². The molecule has 13 heteroatoms. The van der Waals surface area contributed by atoms with Crippen molar-refractivity contribution in [3.05, 3.63) is 48.0 Å². The number of amides is 1. The number of aromatic nitrogens is 4. The van der Waals surface area contributed by atoms with Crippen molar-refractivity contribution in [1.29, 1.82) is 0 Å². The molecule has 0 aliphatic carbocycles. The van der Waals surface area contributed by atoms with E-state index >= 15 is 0 Å². The van der Waals surface area contributed by atoms with Crippen LogP contribution in [0.3, 0.4) is 0 Å². The fraction of sp³-hybridized carbons (Fsp3) is 0.407. The largest absolute Gasteiger partial charge is 0.462 e. The molecule has 2 N–H and O–H groups in total. The van der Waals surface area contributed by atoms with Crippen molar-refractivity contribution in [2.75, 3.05) is 35.7 Å². The third-order valence-electron chi connectivity index (χ3n) is 7.41. The van der Waals surface area contributed by atoms with Crippen LogP contribution in [-0.4, -0.2) is 76.9 Å². The molecule has 2 aromatic carbocycles. The highest BCUT2D eigenvalue weighted by atomic mass is 32.2. The maximum absolute atomic E-state index is 14.7. The van der Waals surface area contributed by atoms with Crippen LogP contribution in [0.5, 0.6) is 6.01 Å². The molecule has 210 valence electrons. The second kappa shape index (κ2) is 9.97. The van der Waals surface area contributed by atoms with Gasteiger partial charge in [0, 0.05) is 66.8 Å². The van der Waals surface area contributed by atoms with E-state index in [4.69, 9.17) is 4.74 Å². The summed E-state index contributed by atoms with van der Waals surface area (Å²) in [6, 6.07) is 6.96. The lowest BCUT2D eigenvalue weighted by Gasteiger charge is -2.38. The third-order valence-corrected chi connectivity index (χ3v) is 9.61. The maximum atomic E-state index is 14.7. The van der Waals surface area contributed by atoms with Crippen molar-refractivity contribution >= 4 is 48.9 Å². The average molecular weight is 568 g/mol. The van der Waals surface area contributed by atoms with Crippen molar-refractivity contribution < 1.29 is 22.3 Å². The highest BCUT2D eigenvalue weighted by Gasteiger charge is 2.36. The van der Waals surface area contributed by atoms with Gasteiger partial charge in [0.15, 0.2) is 15.7 Å².